The number of aromatic hydroxyl groups is 2. The van der Waals surface area contributed by atoms with E-state index in [9.17, 15) is 23.4 Å². The molecule has 1 aliphatic rings. The molecule has 0 unspecified atom stereocenters. The van der Waals surface area contributed by atoms with Gasteiger partial charge in [-0.15, -0.1) is 5.10 Å². The summed E-state index contributed by atoms with van der Waals surface area (Å²) in [5, 5.41) is 37.4. The number of carboxylic acid groups (broad SMARTS) is 1. The van der Waals surface area contributed by atoms with Gasteiger partial charge in [-0.1, -0.05) is 12.1 Å². The van der Waals surface area contributed by atoms with Gasteiger partial charge in [0, 0.05) is 18.7 Å². The van der Waals surface area contributed by atoms with Crippen molar-refractivity contribution in [1.82, 2.24) is 15.1 Å². The Hall–Kier alpha value is -3.66. The molecule has 168 valence electrons. The van der Waals surface area contributed by atoms with Crippen LogP contribution < -0.4 is 0 Å². The van der Waals surface area contributed by atoms with Crippen molar-refractivity contribution in [2.24, 2.45) is 0 Å². The first-order chi connectivity index (χ1) is 15.0. The number of aliphatic carboxylic acids is 1. The molecule has 0 aliphatic carbocycles. The zero-order valence-corrected chi connectivity index (χ0v) is 17.0. The number of fused-ring (bicyclic) bond motifs is 1. The van der Waals surface area contributed by atoms with Crippen molar-refractivity contribution < 1.29 is 33.3 Å². The van der Waals surface area contributed by atoms with Gasteiger partial charge in [-0.05, 0) is 66.2 Å². The molecule has 0 saturated heterocycles. The molecule has 3 N–H and O–H groups in total. The maximum absolute atomic E-state index is 10.6. The molecule has 0 radical (unpaired) electrons. The van der Waals surface area contributed by atoms with E-state index < -0.39 is 12.1 Å². The third-order valence-electron chi connectivity index (χ3n) is 4.86. The first kappa shape index (κ1) is 23.0. The average Bonchev–Trinajstić information content (AvgIpc) is 2.74. The van der Waals surface area contributed by atoms with Gasteiger partial charge in [0.1, 0.15) is 11.5 Å². The van der Waals surface area contributed by atoms with Gasteiger partial charge >= 0.3 is 12.1 Å². The second-order valence-electron chi connectivity index (χ2n) is 7.25. The lowest BCUT2D eigenvalue weighted by molar-refractivity contribution is -0.192. The van der Waals surface area contributed by atoms with Crippen molar-refractivity contribution in [2.45, 2.75) is 12.6 Å². The Labute approximate surface area is 181 Å². The third kappa shape index (κ3) is 5.52. The molecule has 3 aromatic rings. The predicted molar refractivity (Wildman–Crippen MR) is 112 cm³/mol. The molecule has 7 nitrogen and oxygen atoms in total. The SMILES string of the molecule is CN1CC=C(c2ccc(-c3cc4ccc(O)cc4cc3O)nn2)CC1.O=C(O)C(F)(F)F. The van der Waals surface area contributed by atoms with Crippen LogP contribution in [0, 0.1) is 0 Å². The van der Waals surface area contributed by atoms with Crippen LogP contribution in [0.5, 0.6) is 11.5 Å². The van der Waals surface area contributed by atoms with Gasteiger partial charge in [-0.2, -0.15) is 18.3 Å². The third-order valence-corrected chi connectivity index (χ3v) is 4.86. The highest BCUT2D eigenvalue weighted by molar-refractivity contribution is 5.90. The number of halogens is 3. The zero-order valence-electron chi connectivity index (χ0n) is 17.0. The summed E-state index contributed by atoms with van der Waals surface area (Å²) >= 11 is 0. The summed E-state index contributed by atoms with van der Waals surface area (Å²) in [5.41, 5.74) is 3.37. The number of carboxylic acids is 1. The minimum absolute atomic E-state index is 0.124. The van der Waals surface area contributed by atoms with Crippen LogP contribution in [-0.4, -0.2) is 62.7 Å². The van der Waals surface area contributed by atoms with E-state index in [2.05, 4.69) is 28.2 Å². The van der Waals surface area contributed by atoms with E-state index in [4.69, 9.17) is 9.90 Å². The molecule has 4 rings (SSSR count). The Morgan fingerprint density at radius 2 is 1.66 bits per heavy atom. The number of benzene rings is 2. The number of nitrogens with zero attached hydrogens (tertiary/aromatic N) is 3. The normalized spacial score (nSPS) is 14.4. The van der Waals surface area contributed by atoms with Crippen LogP contribution >= 0.6 is 0 Å². The molecule has 0 atom stereocenters. The number of aromatic nitrogens is 2. The first-order valence-corrected chi connectivity index (χ1v) is 9.52. The summed E-state index contributed by atoms with van der Waals surface area (Å²) in [6, 6.07) is 12.4. The molecule has 0 spiro atoms. The minimum atomic E-state index is -5.08. The number of likely N-dealkylation sites (N-methyl/N-ethyl adjacent to an activating group) is 1. The molecule has 1 aliphatic heterocycles. The standard InChI is InChI=1S/C20H19N3O2.C2HF3O2/c1-23-8-6-13(7-9-23)18-4-5-19(22-21-18)17-11-14-2-3-16(24)10-15(14)12-20(17)25;3-2(4,5)1(6)7/h2-6,10-12,24-25H,7-9H2,1H3;(H,6,7). The first-order valence-electron chi connectivity index (χ1n) is 9.52. The molecule has 0 amide bonds. The fourth-order valence-corrected chi connectivity index (χ4v) is 3.13. The van der Waals surface area contributed by atoms with E-state index in [0.29, 0.717) is 11.3 Å². The smallest absolute Gasteiger partial charge is 0.490 e. The van der Waals surface area contributed by atoms with E-state index in [0.717, 1.165) is 36.0 Å². The van der Waals surface area contributed by atoms with E-state index in [1.54, 1.807) is 18.2 Å². The molecule has 1 aromatic heterocycles. The summed E-state index contributed by atoms with van der Waals surface area (Å²) in [4.78, 5) is 11.2. The number of hydrogen-bond donors (Lipinski definition) is 3. The number of phenols is 2. The monoisotopic (exact) mass is 447 g/mol. The second-order valence-corrected chi connectivity index (χ2v) is 7.25. The van der Waals surface area contributed by atoms with Gasteiger partial charge in [0.25, 0.3) is 0 Å². The number of carbonyl (C=O) groups is 1. The van der Waals surface area contributed by atoms with Crippen LogP contribution in [0.4, 0.5) is 13.2 Å². The van der Waals surface area contributed by atoms with Crippen molar-refractivity contribution in [3.8, 4) is 22.8 Å². The highest BCUT2D eigenvalue weighted by atomic mass is 19.4. The van der Waals surface area contributed by atoms with Crippen LogP contribution in [0.3, 0.4) is 0 Å². The number of phenolic OH excluding ortho intramolecular Hbond substituents is 2. The molecule has 0 fully saturated rings. The Bertz CT molecular complexity index is 1160. The van der Waals surface area contributed by atoms with Crippen molar-refractivity contribution >= 4 is 22.3 Å². The lowest BCUT2D eigenvalue weighted by Gasteiger charge is -2.21. The summed E-state index contributed by atoms with van der Waals surface area (Å²) in [6.45, 7) is 1.95. The quantitative estimate of drug-likeness (QED) is 0.544. The Morgan fingerprint density at radius 1 is 1.00 bits per heavy atom. The summed E-state index contributed by atoms with van der Waals surface area (Å²) in [6.07, 6.45) is -1.93. The molecule has 2 heterocycles. The fraction of sp³-hybridized carbons (Fsp3) is 0.227. The maximum Gasteiger partial charge on any atom is 0.490 e. The second kappa shape index (κ2) is 9.23. The van der Waals surface area contributed by atoms with Crippen molar-refractivity contribution in [3.05, 3.63) is 54.2 Å². The molecule has 0 bridgehead atoms. The Balaban J connectivity index is 0.000000360. The van der Waals surface area contributed by atoms with Crippen LogP contribution in [0.1, 0.15) is 12.1 Å². The van der Waals surface area contributed by atoms with Gasteiger partial charge in [0.2, 0.25) is 0 Å². The summed E-state index contributed by atoms with van der Waals surface area (Å²) in [5.74, 6) is -2.46. The highest BCUT2D eigenvalue weighted by Gasteiger charge is 2.38. The molecule has 2 aromatic carbocycles. The largest absolute Gasteiger partial charge is 0.508 e. The average molecular weight is 447 g/mol. The Kier molecular flexibility index (Phi) is 6.64. The number of hydrogen-bond acceptors (Lipinski definition) is 6. The predicted octanol–water partition coefficient (Wildman–Crippen LogP) is 4.06. The minimum Gasteiger partial charge on any atom is -0.508 e. The maximum atomic E-state index is 10.6. The topological polar surface area (TPSA) is 107 Å². The van der Waals surface area contributed by atoms with Gasteiger partial charge in [-0.25, -0.2) is 4.79 Å². The lowest BCUT2D eigenvalue weighted by Crippen LogP contribution is -2.23. The van der Waals surface area contributed by atoms with Gasteiger partial charge in [0.15, 0.2) is 0 Å². The van der Waals surface area contributed by atoms with Crippen LogP contribution in [0.15, 0.2) is 48.5 Å². The van der Waals surface area contributed by atoms with Crippen LogP contribution in [-0.2, 0) is 4.79 Å². The Morgan fingerprint density at radius 3 is 2.22 bits per heavy atom. The molecule has 0 saturated carbocycles. The van der Waals surface area contributed by atoms with Crippen molar-refractivity contribution in [3.63, 3.8) is 0 Å². The van der Waals surface area contributed by atoms with Crippen LogP contribution in [0.2, 0.25) is 0 Å². The molecule has 10 heteroatoms. The highest BCUT2D eigenvalue weighted by Crippen LogP contribution is 2.33. The van der Waals surface area contributed by atoms with Gasteiger partial charge in [0.05, 0.1) is 11.4 Å². The zero-order chi connectivity index (χ0) is 23.5. The number of rotatable bonds is 2. The summed E-state index contributed by atoms with van der Waals surface area (Å²) < 4.78 is 31.7. The fourth-order valence-electron chi connectivity index (χ4n) is 3.13. The van der Waals surface area contributed by atoms with E-state index >= 15 is 0 Å². The van der Waals surface area contributed by atoms with Crippen molar-refractivity contribution in [2.75, 3.05) is 20.1 Å². The van der Waals surface area contributed by atoms with Gasteiger partial charge in [-0.3, -0.25) is 0 Å². The molecular weight excluding hydrogens is 427 g/mol. The van der Waals surface area contributed by atoms with Crippen molar-refractivity contribution in [1.29, 1.82) is 0 Å². The molecular formula is C22H20F3N3O4. The van der Waals surface area contributed by atoms with E-state index in [-0.39, 0.29) is 11.5 Å². The van der Waals surface area contributed by atoms with E-state index in [1.807, 2.05) is 24.3 Å². The lowest BCUT2D eigenvalue weighted by atomic mass is 10.0. The van der Waals surface area contributed by atoms with Gasteiger partial charge < -0.3 is 20.2 Å². The van der Waals surface area contributed by atoms with E-state index in [1.165, 1.54) is 5.57 Å². The summed E-state index contributed by atoms with van der Waals surface area (Å²) in [7, 11) is 2.10. The van der Waals surface area contributed by atoms with Crippen LogP contribution in [0.25, 0.3) is 27.6 Å². The molecule has 32 heavy (non-hydrogen) atoms. The number of alkyl halides is 3.